The molecule has 0 heterocycles. The Morgan fingerprint density at radius 1 is 1.04 bits per heavy atom. The zero-order chi connectivity index (χ0) is 17.0. The molecule has 5 nitrogen and oxygen atoms in total. The molecule has 5 heteroatoms. The quantitative estimate of drug-likeness (QED) is 0.668. The summed E-state index contributed by atoms with van der Waals surface area (Å²) in [4.78, 5) is 24.1. The van der Waals surface area contributed by atoms with Crippen molar-refractivity contribution in [2.75, 3.05) is 6.54 Å². The van der Waals surface area contributed by atoms with Crippen LogP contribution in [0.1, 0.15) is 59.3 Å². The van der Waals surface area contributed by atoms with Crippen molar-refractivity contribution in [1.29, 1.82) is 0 Å². The first-order chi connectivity index (χ1) is 10.9. The van der Waals surface area contributed by atoms with E-state index in [4.69, 9.17) is 0 Å². The van der Waals surface area contributed by atoms with Gasteiger partial charge in [-0.15, -0.1) is 0 Å². The summed E-state index contributed by atoms with van der Waals surface area (Å²) in [7, 11) is 0. The van der Waals surface area contributed by atoms with Crippen LogP contribution in [0.25, 0.3) is 0 Å². The van der Waals surface area contributed by atoms with Crippen molar-refractivity contribution in [3.05, 3.63) is 0 Å². The van der Waals surface area contributed by atoms with Gasteiger partial charge >= 0.3 is 0 Å². The summed E-state index contributed by atoms with van der Waals surface area (Å²) in [6.07, 6.45) is 5.66. The number of carbonyl (C=O) groups is 2. The molecule has 0 aromatic carbocycles. The molecular weight excluding hydrogens is 292 g/mol. The van der Waals surface area contributed by atoms with Gasteiger partial charge in [0.2, 0.25) is 11.8 Å². The fourth-order valence-electron chi connectivity index (χ4n) is 3.44. The number of amides is 2. The molecule has 0 spiro atoms. The maximum absolute atomic E-state index is 12.3. The Bertz CT molecular complexity index is 410. The van der Waals surface area contributed by atoms with Crippen LogP contribution in [0, 0.1) is 23.7 Å². The van der Waals surface area contributed by atoms with Gasteiger partial charge in [0.1, 0.15) is 6.04 Å². The van der Waals surface area contributed by atoms with Crippen molar-refractivity contribution >= 4 is 11.8 Å². The monoisotopic (exact) mass is 324 g/mol. The van der Waals surface area contributed by atoms with Gasteiger partial charge in [-0.25, -0.2) is 0 Å². The Labute approximate surface area is 139 Å². The average Bonchev–Trinajstić information content (AvgIpc) is 3.35. The predicted octanol–water partition coefficient (Wildman–Crippen LogP) is 1.84. The lowest BCUT2D eigenvalue weighted by Gasteiger charge is -2.31. The number of nitrogens with one attached hydrogen (secondary N) is 2. The molecule has 0 saturated heterocycles. The second-order valence-electron chi connectivity index (χ2n) is 7.77. The minimum Gasteiger partial charge on any atom is -0.391 e. The molecule has 0 aromatic heterocycles. The van der Waals surface area contributed by atoms with E-state index in [0.717, 1.165) is 37.5 Å². The van der Waals surface area contributed by atoms with Gasteiger partial charge in [-0.3, -0.25) is 9.59 Å². The summed E-state index contributed by atoms with van der Waals surface area (Å²) < 4.78 is 0. The molecule has 2 saturated carbocycles. The highest BCUT2D eigenvalue weighted by atomic mass is 16.3. The number of hydrogen-bond donors (Lipinski definition) is 3. The molecule has 2 aliphatic carbocycles. The third kappa shape index (κ3) is 5.48. The number of aliphatic hydroxyl groups is 1. The van der Waals surface area contributed by atoms with Crippen molar-refractivity contribution < 1.29 is 14.7 Å². The lowest BCUT2D eigenvalue weighted by atomic mass is 9.77. The first-order valence-electron chi connectivity index (χ1n) is 9.14. The molecule has 2 atom stereocenters. The van der Waals surface area contributed by atoms with Crippen LogP contribution in [-0.4, -0.2) is 35.6 Å². The van der Waals surface area contributed by atoms with E-state index in [0.29, 0.717) is 12.5 Å². The first kappa shape index (κ1) is 18.2. The van der Waals surface area contributed by atoms with Crippen LogP contribution in [0.4, 0.5) is 0 Å². The van der Waals surface area contributed by atoms with E-state index in [1.165, 1.54) is 12.8 Å². The minimum absolute atomic E-state index is 0.0374. The number of hydrogen-bond acceptors (Lipinski definition) is 3. The van der Waals surface area contributed by atoms with E-state index in [1.807, 2.05) is 0 Å². The van der Waals surface area contributed by atoms with Gasteiger partial charge in [-0.2, -0.15) is 0 Å². The Balaban J connectivity index is 1.74. The van der Waals surface area contributed by atoms with Gasteiger partial charge in [0.15, 0.2) is 0 Å². The second-order valence-corrected chi connectivity index (χ2v) is 7.77. The van der Waals surface area contributed by atoms with Crippen molar-refractivity contribution in [2.45, 2.75) is 71.4 Å². The highest BCUT2D eigenvalue weighted by Crippen LogP contribution is 2.33. The van der Waals surface area contributed by atoms with Gasteiger partial charge in [-0.05, 0) is 63.2 Å². The minimum atomic E-state index is -0.880. The van der Waals surface area contributed by atoms with Gasteiger partial charge in [0.05, 0.1) is 6.10 Å². The standard InChI is InChI=1S/C18H32N2O3/c1-11(2)14-6-4-13(5-7-14)10-19-18(23)16(12(3)21)20-17(22)15-8-9-15/h11-16,21H,4-10H2,1-3H3,(H,19,23)(H,20,22). The van der Waals surface area contributed by atoms with Crippen molar-refractivity contribution in [2.24, 2.45) is 23.7 Å². The van der Waals surface area contributed by atoms with Crippen molar-refractivity contribution in [1.82, 2.24) is 10.6 Å². The van der Waals surface area contributed by atoms with Crippen LogP contribution in [0.15, 0.2) is 0 Å². The largest absolute Gasteiger partial charge is 0.391 e. The maximum Gasteiger partial charge on any atom is 0.245 e. The lowest BCUT2D eigenvalue weighted by Crippen LogP contribution is -2.53. The summed E-state index contributed by atoms with van der Waals surface area (Å²) in [5.41, 5.74) is 0. The van der Waals surface area contributed by atoms with E-state index >= 15 is 0 Å². The summed E-state index contributed by atoms with van der Waals surface area (Å²) in [5, 5.41) is 15.4. The summed E-state index contributed by atoms with van der Waals surface area (Å²) in [6, 6.07) is -0.838. The van der Waals surface area contributed by atoms with Crippen molar-refractivity contribution in [3.8, 4) is 0 Å². The molecule has 2 unspecified atom stereocenters. The zero-order valence-corrected chi connectivity index (χ0v) is 14.7. The Hall–Kier alpha value is -1.10. The fourth-order valence-corrected chi connectivity index (χ4v) is 3.44. The number of aliphatic hydroxyl groups excluding tert-OH is 1. The fraction of sp³-hybridized carbons (Fsp3) is 0.889. The highest BCUT2D eigenvalue weighted by molar-refractivity contribution is 5.89. The van der Waals surface area contributed by atoms with Gasteiger partial charge in [-0.1, -0.05) is 13.8 Å². The normalized spacial score (nSPS) is 27.3. The molecule has 3 N–H and O–H groups in total. The van der Waals surface area contributed by atoms with E-state index in [9.17, 15) is 14.7 Å². The van der Waals surface area contributed by atoms with Crippen LogP contribution in [0.5, 0.6) is 0 Å². The van der Waals surface area contributed by atoms with Crippen LogP contribution < -0.4 is 10.6 Å². The molecule has 0 aliphatic heterocycles. The van der Waals surface area contributed by atoms with Gasteiger partial charge in [0, 0.05) is 12.5 Å². The molecule has 23 heavy (non-hydrogen) atoms. The molecule has 2 amide bonds. The molecular formula is C18H32N2O3. The molecule has 2 fully saturated rings. The molecule has 2 rings (SSSR count). The second kappa shape index (κ2) is 8.13. The van der Waals surface area contributed by atoms with E-state index in [2.05, 4.69) is 24.5 Å². The van der Waals surface area contributed by atoms with Crippen LogP contribution >= 0.6 is 0 Å². The van der Waals surface area contributed by atoms with E-state index in [1.54, 1.807) is 6.92 Å². The van der Waals surface area contributed by atoms with Gasteiger partial charge in [0.25, 0.3) is 0 Å². The average molecular weight is 324 g/mol. The smallest absolute Gasteiger partial charge is 0.245 e. The highest BCUT2D eigenvalue weighted by Gasteiger charge is 2.34. The van der Waals surface area contributed by atoms with Crippen LogP contribution in [0.3, 0.4) is 0 Å². The van der Waals surface area contributed by atoms with E-state index in [-0.39, 0.29) is 17.7 Å². The van der Waals surface area contributed by atoms with Crippen molar-refractivity contribution in [3.63, 3.8) is 0 Å². The van der Waals surface area contributed by atoms with E-state index < -0.39 is 12.1 Å². The summed E-state index contributed by atoms with van der Waals surface area (Å²) in [6.45, 7) is 6.75. The van der Waals surface area contributed by atoms with Crippen LogP contribution in [0.2, 0.25) is 0 Å². The zero-order valence-electron chi connectivity index (χ0n) is 14.7. The summed E-state index contributed by atoms with van der Waals surface area (Å²) in [5.74, 6) is 1.73. The maximum atomic E-state index is 12.3. The molecule has 0 aromatic rings. The van der Waals surface area contributed by atoms with Gasteiger partial charge < -0.3 is 15.7 Å². The molecule has 0 bridgehead atoms. The Morgan fingerprint density at radius 2 is 1.65 bits per heavy atom. The SMILES string of the molecule is CC(C)C1CCC(CNC(=O)C(NC(=O)C2CC2)C(C)O)CC1. The number of rotatable bonds is 7. The molecule has 132 valence electrons. The Kier molecular flexibility index (Phi) is 6.45. The topological polar surface area (TPSA) is 78.4 Å². The predicted molar refractivity (Wildman–Crippen MR) is 89.6 cm³/mol. The third-order valence-corrected chi connectivity index (χ3v) is 5.41. The number of carbonyl (C=O) groups excluding carboxylic acids is 2. The Morgan fingerprint density at radius 3 is 2.13 bits per heavy atom. The molecule has 2 aliphatic rings. The lowest BCUT2D eigenvalue weighted by molar-refractivity contribution is -0.132. The third-order valence-electron chi connectivity index (χ3n) is 5.41. The first-order valence-corrected chi connectivity index (χ1v) is 9.14. The summed E-state index contributed by atoms with van der Waals surface area (Å²) >= 11 is 0. The molecule has 0 radical (unpaired) electrons. The van der Waals surface area contributed by atoms with Crippen LogP contribution in [-0.2, 0) is 9.59 Å².